The van der Waals surface area contributed by atoms with Gasteiger partial charge in [-0.1, -0.05) is 45.9 Å². The molecule has 1 aromatic carbocycles. The number of carbonyl (C=O) groups is 1. The summed E-state index contributed by atoms with van der Waals surface area (Å²) in [5.74, 6) is 0.894. The Kier molecular flexibility index (Phi) is 7.40. The summed E-state index contributed by atoms with van der Waals surface area (Å²) in [6.45, 7) is 9.14. The highest BCUT2D eigenvalue weighted by molar-refractivity contribution is 5.74. The molecule has 0 spiro atoms. The van der Waals surface area contributed by atoms with Crippen LogP contribution in [0.4, 0.5) is 0 Å². The van der Waals surface area contributed by atoms with E-state index in [0.29, 0.717) is 30.8 Å². The molecule has 0 aromatic heterocycles. The Morgan fingerprint density at radius 1 is 1.05 bits per heavy atom. The number of benzene rings is 1. The van der Waals surface area contributed by atoms with Crippen LogP contribution in [-0.4, -0.2) is 32.9 Å². The van der Waals surface area contributed by atoms with Gasteiger partial charge in [-0.3, -0.25) is 0 Å². The molecule has 0 N–H and O–H groups in total. The molecular formula is C17H26O4. The number of ether oxygens (including phenoxy) is 3. The Morgan fingerprint density at radius 2 is 1.62 bits per heavy atom. The third-order valence-electron chi connectivity index (χ3n) is 3.19. The highest BCUT2D eigenvalue weighted by atomic mass is 16.6. The van der Waals surface area contributed by atoms with Crippen molar-refractivity contribution < 1.29 is 19.0 Å². The number of esters is 1. The quantitative estimate of drug-likeness (QED) is 0.418. The molecule has 4 nitrogen and oxygen atoms in total. The first-order valence-corrected chi connectivity index (χ1v) is 7.37. The molecule has 0 unspecified atom stereocenters. The number of para-hydroxylation sites is 1. The van der Waals surface area contributed by atoms with Gasteiger partial charge in [-0.2, -0.15) is 0 Å². The van der Waals surface area contributed by atoms with Gasteiger partial charge in [0.15, 0.2) is 0 Å². The van der Waals surface area contributed by atoms with Crippen LogP contribution in [0, 0.1) is 0 Å². The largest absolute Gasteiger partial charge is 0.424 e. The molecule has 0 saturated carbocycles. The molecule has 0 radical (unpaired) electrons. The fourth-order valence-electron chi connectivity index (χ4n) is 2.04. The summed E-state index contributed by atoms with van der Waals surface area (Å²) < 4.78 is 15.6. The predicted molar refractivity (Wildman–Crippen MR) is 83.0 cm³/mol. The average molecular weight is 294 g/mol. The highest BCUT2D eigenvalue weighted by Gasteiger charge is 2.17. The zero-order chi connectivity index (χ0) is 15.8. The van der Waals surface area contributed by atoms with Crippen molar-refractivity contribution in [1.29, 1.82) is 0 Å². The van der Waals surface area contributed by atoms with Gasteiger partial charge in [0.25, 0.3) is 0 Å². The zero-order valence-corrected chi connectivity index (χ0v) is 13.6. The van der Waals surface area contributed by atoms with Gasteiger partial charge < -0.3 is 14.2 Å². The van der Waals surface area contributed by atoms with Crippen molar-refractivity contribution >= 4 is 5.97 Å². The van der Waals surface area contributed by atoms with Gasteiger partial charge in [0.2, 0.25) is 0 Å². The predicted octanol–water partition coefficient (Wildman–Crippen LogP) is 3.50. The summed E-state index contributed by atoms with van der Waals surface area (Å²) in [4.78, 5) is 11.9. The van der Waals surface area contributed by atoms with E-state index in [1.807, 2.05) is 18.2 Å². The number of methoxy groups -OCH3 is 1. The maximum atomic E-state index is 11.9. The van der Waals surface area contributed by atoms with Gasteiger partial charge in [0.1, 0.15) is 12.4 Å². The summed E-state index contributed by atoms with van der Waals surface area (Å²) in [5, 5.41) is 0. The molecule has 0 fully saturated rings. The summed E-state index contributed by atoms with van der Waals surface area (Å²) in [5.41, 5.74) is 2.10. The van der Waals surface area contributed by atoms with Gasteiger partial charge in [-0.25, -0.2) is 4.79 Å². The Labute approximate surface area is 127 Å². The van der Waals surface area contributed by atoms with Gasteiger partial charge in [-0.15, -0.1) is 0 Å². The average Bonchev–Trinajstić information content (AvgIpc) is 2.43. The third kappa shape index (κ3) is 5.48. The zero-order valence-electron chi connectivity index (χ0n) is 13.6. The van der Waals surface area contributed by atoms with Crippen LogP contribution in [0.1, 0.15) is 50.7 Å². The van der Waals surface area contributed by atoms with Crippen molar-refractivity contribution in [2.45, 2.75) is 39.5 Å². The molecule has 1 aromatic rings. The first-order valence-electron chi connectivity index (χ1n) is 7.37. The topological polar surface area (TPSA) is 44.8 Å². The minimum Gasteiger partial charge on any atom is -0.424 e. The van der Waals surface area contributed by atoms with Crippen molar-refractivity contribution in [3.8, 4) is 5.75 Å². The lowest BCUT2D eigenvalue weighted by Gasteiger charge is -2.18. The summed E-state index contributed by atoms with van der Waals surface area (Å²) in [7, 11) is 1.59. The van der Waals surface area contributed by atoms with Crippen LogP contribution in [0.3, 0.4) is 0 Å². The van der Waals surface area contributed by atoms with Crippen molar-refractivity contribution in [3.63, 3.8) is 0 Å². The minimum atomic E-state index is -0.374. The molecule has 0 aliphatic rings. The van der Waals surface area contributed by atoms with Crippen LogP contribution >= 0.6 is 0 Å². The second kappa shape index (κ2) is 8.80. The lowest BCUT2D eigenvalue weighted by Crippen LogP contribution is -2.19. The van der Waals surface area contributed by atoms with Crippen molar-refractivity contribution in [2.24, 2.45) is 0 Å². The second-order valence-electron chi connectivity index (χ2n) is 5.59. The van der Waals surface area contributed by atoms with Crippen molar-refractivity contribution in [2.75, 3.05) is 26.9 Å². The van der Waals surface area contributed by atoms with Gasteiger partial charge in [0.05, 0.1) is 13.2 Å². The first kappa shape index (κ1) is 17.7. The Morgan fingerprint density at radius 3 is 2.10 bits per heavy atom. The number of carbonyl (C=O) groups excluding carboxylic acids is 1. The van der Waals surface area contributed by atoms with Crippen LogP contribution in [0.2, 0.25) is 0 Å². The standard InChI is InChI=1S/C17H26O4/c1-12(2)14-7-6-8-15(13(3)4)17(14)21-16(18)11-20-10-9-19-5/h6-8,12-13H,9-11H2,1-5H3. The summed E-state index contributed by atoms with van der Waals surface area (Å²) >= 11 is 0. The van der Waals surface area contributed by atoms with Crippen molar-refractivity contribution in [1.82, 2.24) is 0 Å². The van der Waals surface area contributed by atoms with Gasteiger partial charge in [0, 0.05) is 7.11 Å². The highest BCUT2D eigenvalue weighted by Crippen LogP contribution is 2.34. The fraction of sp³-hybridized carbons (Fsp3) is 0.588. The smallest absolute Gasteiger partial charge is 0.337 e. The maximum absolute atomic E-state index is 11.9. The summed E-state index contributed by atoms with van der Waals surface area (Å²) in [6.07, 6.45) is 0. The molecule has 0 amide bonds. The van der Waals surface area contributed by atoms with E-state index in [9.17, 15) is 4.79 Å². The van der Waals surface area contributed by atoms with E-state index in [-0.39, 0.29) is 12.6 Å². The molecule has 0 saturated heterocycles. The molecule has 0 aliphatic heterocycles. The van der Waals surface area contributed by atoms with E-state index in [0.717, 1.165) is 11.1 Å². The van der Waals surface area contributed by atoms with Crippen LogP contribution in [0.5, 0.6) is 5.75 Å². The Hall–Kier alpha value is -1.39. The second-order valence-corrected chi connectivity index (χ2v) is 5.59. The molecule has 118 valence electrons. The Bertz CT molecular complexity index is 426. The molecule has 0 heterocycles. The van der Waals surface area contributed by atoms with Gasteiger partial charge in [-0.05, 0) is 23.0 Å². The van der Waals surface area contributed by atoms with Crippen LogP contribution in [0.15, 0.2) is 18.2 Å². The van der Waals surface area contributed by atoms with E-state index in [2.05, 4.69) is 27.7 Å². The molecule has 1 rings (SSSR count). The van der Waals surface area contributed by atoms with E-state index in [4.69, 9.17) is 14.2 Å². The normalized spacial score (nSPS) is 11.2. The number of rotatable bonds is 8. The fourth-order valence-corrected chi connectivity index (χ4v) is 2.04. The number of hydrogen-bond donors (Lipinski definition) is 0. The van der Waals surface area contributed by atoms with E-state index in [1.165, 1.54) is 0 Å². The Balaban J connectivity index is 2.82. The van der Waals surface area contributed by atoms with Gasteiger partial charge >= 0.3 is 5.97 Å². The maximum Gasteiger partial charge on any atom is 0.337 e. The molecule has 0 atom stereocenters. The van der Waals surface area contributed by atoms with Crippen LogP contribution in [0.25, 0.3) is 0 Å². The molecule has 4 heteroatoms. The molecule has 0 bridgehead atoms. The van der Waals surface area contributed by atoms with Crippen LogP contribution < -0.4 is 4.74 Å². The van der Waals surface area contributed by atoms with E-state index >= 15 is 0 Å². The lowest BCUT2D eigenvalue weighted by molar-refractivity contribution is -0.140. The van der Waals surface area contributed by atoms with Crippen molar-refractivity contribution in [3.05, 3.63) is 29.3 Å². The first-order chi connectivity index (χ1) is 9.97. The number of hydrogen-bond acceptors (Lipinski definition) is 4. The van der Waals surface area contributed by atoms with E-state index in [1.54, 1.807) is 7.11 Å². The van der Waals surface area contributed by atoms with Crippen LogP contribution in [-0.2, 0) is 14.3 Å². The molecule has 21 heavy (non-hydrogen) atoms. The summed E-state index contributed by atoms with van der Waals surface area (Å²) in [6, 6.07) is 6.02. The monoisotopic (exact) mass is 294 g/mol. The third-order valence-corrected chi connectivity index (χ3v) is 3.19. The lowest BCUT2D eigenvalue weighted by atomic mass is 9.94. The SMILES string of the molecule is COCCOCC(=O)Oc1c(C(C)C)cccc1C(C)C. The molecular weight excluding hydrogens is 268 g/mol. The van der Waals surface area contributed by atoms with E-state index < -0.39 is 0 Å². The molecule has 0 aliphatic carbocycles. The minimum absolute atomic E-state index is 0.0622.